The first-order chi connectivity index (χ1) is 9.61. The van der Waals surface area contributed by atoms with Crippen molar-refractivity contribution in [3.05, 3.63) is 59.0 Å². The summed E-state index contributed by atoms with van der Waals surface area (Å²) in [7, 11) is 2.17. The quantitative estimate of drug-likeness (QED) is 0.744. The highest BCUT2D eigenvalue weighted by molar-refractivity contribution is 5.81. The number of anilines is 2. The summed E-state index contributed by atoms with van der Waals surface area (Å²) in [6.45, 7) is 7.57. The van der Waals surface area contributed by atoms with E-state index in [1.807, 2.05) is 0 Å². The van der Waals surface area contributed by atoms with Crippen molar-refractivity contribution in [2.45, 2.75) is 27.2 Å². The molecule has 3 rings (SSSR count). The molecule has 0 atom stereocenters. The summed E-state index contributed by atoms with van der Waals surface area (Å²) in [5.41, 5.74) is 7.93. The molecule has 0 spiro atoms. The number of hydrogen-bond acceptors (Lipinski definition) is 2. The van der Waals surface area contributed by atoms with Crippen molar-refractivity contribution in [1.29, 1.82) is 0 Å². The Bertz CT molecular complexity index is 635. The van der Waals surface area contributed by atoms with Crippen LogP contribution in [0.5, 0.6) is 0 Å². The smallest absolute Gasteiger partial charge is 0.0652 e. The summed E-state index contributed by atoms with van der Waals surface area (Å²) in [4.78, 5) is 4.73. The first kappa shape index (κ1) is 13.0. The standard InChI is InChI=1S/C18H22N2/c1-5-20-16-10-9-14(3)11-17(16)19(4)15-8-6-7-13(2)12-18(15)20/h6,8-12H,5,7H2,1-4H3. The molecule has 2 heteroatoms. The minimum atomic E-state index is 0.986. The average molecular weight is 266 g/mol. The number of rotatable bonds is 1. The molecule has 2 nitrogen and oxygen atoms in total. The zero-order valence-electron chi connectivity index (χ0n) is 12.8. The van der Waals surface area contributed by atoms with Gasteiger partial charge in [0.2, 0.25) is 0 Å². The maximum Gasteiger partial charge on any atom is 0.0652 e. The van der Waals surface area contributed by atoms with Gasteiger partial charge in [-0.2, -0.15) is 0 Å². The highest BCUT2D eigenvalue weighted by Crippen LogP contribution is 2.41. The number of likely N-dealkylation sites (N-methyl/N-ethyl adjacent to an activating group) is 2. The van der Waals surface area contributed by atoms with Gasteiger partial charge in [0.1, 0.15) is 0 Å². The third-order valence-electron chi connectivity index (χ3n) is 4.11. The molecule has 1 aromatic rings. The topological polar surface area (TPSA) is 6.48 Å². The van der Waals surface area contributed by atoms with Crippen LogP contribution in [0, 0.1) is 6.92 Å². The fraction of sp³-hybridized carbons (Fsp3) is 0.333. The SMILES string of the molecule is CCN1C2=C(C=CCC(C)=C2)N(C)c2cc(C)ccc21. The third-order valence-corrected chi connectivity index (χ3v) is 4.11. The van der Waals surface area contributed by atoms with Crippen molar-refractivity contribution >= 4 is 11.4 Å². The van der Waals surface area contributed by atoms with Gasteiger partial charge in [0.15, 0.2) is 0 Å². The fourth-order valence-corrected chi connectivity index (χ4v) is 3.04. The van der Waals surface area contributed by atoms with Crippen LogP contribution < -0.4 is 9.80 Å². The largest absolute Gasteiger partial charge is 0.341 e. The van der Waals surface area contributed by atoms with Crippen LogP contribution in [-0.4, -0.2) is 13.6 Å². The Morgan fingerprint density at radius 1 is 1.10 bits per heavy atom. The van der Waals surface area contributed by atoms with Gasteiger partial charge < -0.3 is 9.80 Å². The van der Waals surface area contributed by atoms with Crippen LogP contribution in [0.2, 0.25) is 0 Å². The first-order valence-corrected chi connectivity index (χ1v) is 7.31. The molecule has 0 N–H and O–H groups in total. The van der Waals surface area contributed by atoms with Gasteiger partial charge in [-0.3, -0.25) is 0 Å². The van der Waals surface area contributed by atoms with Crippen molar-refractivity contribution in [1.82, 2.24) is 0 Å². The van der Waals surface area contributed by atoms with E-state index < -0.39 is 0 Å². The molecule has 1 aromatic carbocycles. The minimum Gasteiger partial charge on any atom is -0.341 e. The Morgan fingerprint density at radius 2 is 1.90 bits per heavy atom. The van der Waals surface area contributed by atoms with Crippen LogP contribution in [-0.2, 0) is 0 Å². The van der Waals surface area contributed by atoms with E-state index in [4.69, 9.17) is 0 Å². The van der Waals surface area contributed by atoms with Crippen LogP contribution >= 0.6 is 0 Å². The van der Waals surface area contributed by atoms with Gasteiger partial charge in [0, 0.05) is 13.6 Å². The van der Waals surface area contributed by atoms with Crippen LogP contribution in [0.15, 0.2) is 53.4 Å². The highest BCUT2D eigenvalue weighted by Gasteiger charge is 2.26. The molecule has 20 heavy (non-hydrogen) atoms. The van der Waals surface area contributed by atoms with Gasteiger partial charge in [-0.05, 0) is 57.0 Å². The number of benzene rings is 1. The molecule has 0 fully saturated rings. The van der Waals surface area contributed by atoms with Crippen molar-refractivity contribution in [2.24, 2.45) is 0 Å². The summed E-state index contributed by atoms with van der Waals surface area (Å²) in [6.07, 6.45) is 7.89. The molecule has 1 aliphatic carbocycles. The lowest BCUT2D eigenvalue weighted by atomic mass is 10.1. The molecule has 2 aliphatic rings. The summed E-state index contributed by atoms with van der Waals surface area (Å²) in [5, 5.41) is 0. The van der Waals surface area contributed by atoms with Gasteiger partial charge in [-0.15, -0.1) is 0 Å². The number of hydrogen-bond donors (Lipinski definition) is 0. The van der Waals surface area contributed by atoms with Gasteiger partial charge in [-0.25, -0.2) is 0 Å². The molecule has 1 heterocycles. The van der Waals surface area contributed by atoms with Gasteiger partial charge in [0.25, 0.3) is 0 Å². The van der Waals surface area contributed by atoms with E-state index >= 15 is 0 Å². The molecular formula is C18H22N2. The zero-order chi connectivity index (χ0) is 14.3. The molecule has 0 bridgehead atoms. The minimum absolute atomic E-state index is 0.986. The maximum atomic E-state index is 2.42. The molecule has 0 saturated carbocycles. The molecule has 104 valence electrons. The fourth-order valence-electron chi connectivity index (χ4n) is 3.04. The molecule has 1 aliphatic heterocycles. The first-order valence-electron chi connectivity index (χ1n) is 7.31. The third kappa shape index (κ3) is 1.96. The Hall–Kier alpha value is -1.96. The number of fused-ring (bicyclic) bond motifs is 1. The Balaban J connectivity index is 2.23. The molecule has 0 unspecified atom stereocenters. The summed E-state index contributed by atoms with van der Waals surface area (Å²) in [6, 6.07) is 6.72. The number of aryl methyl sites for hydroxylation is 1. The van der Waals surface area contributed by atoms with E-state index in [0.29, 0.717) is 0 Å². The van der Waals surface area contributed by atoms with Crippen LogP contribution in [0.4, 0.5) is 11.4 Å². The van der Waals surface area contributed by atoms with Crippen molar-refractivity contribution in [3.63, 3.8) is 0 Å². The second kappa shape index (κ2) is 4.86. The second-order valence-corrected chi connectivity index (χ2v) is 5.66. The molecular weight excluding hydrogens is 244 g/mol. The lowest BCUT2D eigenvalue weighted by molar-refractivity contribution is 0.916. The number of allylic oxidation sites excluding steroid dienone is 4. The van der Waals surface area contributed by atoms with Crippen molar-refractivity contribution in [2.75, 3.05) is 23.4 Å². The lowest BCUT2D eigenvalue weighted by Gasteiger charge is -2.38. The Labute approximate surface area is 121 Å². The van der Waals surface area contributed by atoms with Gasteiger partial charge in [0.05, 0.1) is 22.8 Å². The Morgan fingerprint density at radius 3 is 2.65 bits per heavy atom. The lowest BCUT2D eigenvalue weighted by Crippen LogP contribution is -2.33. The van der Waals surface area contributed by atoms with E-state index in [1.54, 1.807) is 0 Å². The van der Waals surface area contributed by atoms with Crippen LogP contribution in [0.25, 0.3) is 0 Å². The molecule has 0 amide bonds. The van der Waals surface area contributed by atoms with Gasteiger partial charge in [-0.1, -0.05) is 17.7 Å². The van der Waals surface area contributed by atoms with E-state index in [1.165, 1.54) is 33.9 Å². The van der Waals surface area contributed by atoms with E-state index in [2.05, 4.69) is 74.0 Å². The zero-order valence-corrected chi connectivity index (χ0v) is 12.8. The summed E-state index contributed by atoms with van der Waals surface area (Å²) >= 11 is 0. The maximum absolute atomic E-state index is 2.42. The molecule has 0 saturated heterocycles. The summed E-state index contributed by atoms with van der Waals surface area (Å²) < 4.78 is 0. The predicted octanol–water partition coefficient (Wildman–Crippen LogP) is 4.39. The normalized spacial score (nSPS) is 17.7. The van der Waals surface area contributed by atoms with Gasteiger partial charge >= 0.3 is 0 Å². The Kier molecular flexibility index (Phi) is 3.17. The molecule has 0 radical (unpaired) electrons. The van der Waals surface area contributed by atoms with E-state index in [0.717, 1.165) is 13.0 Å². The number of nitrogens with zero attached hydrogens (tertiary/aromatic N) is 2. The van der Waals surface area contributed by atoms with Crippen molar-refractivity contribution < 1.29 is 0 Å². The van der Waals surface area contributed by atoms with E-state index in [9.17, 15) is 0 Å². The second-order valence-electron chi connectivity index (χ2n) is 5.66. The average Bonchev–Trinajstić information content (AvgIpc) is 2.62. The molecule has 0 aromatic heterocycles. The van der Waals surface area contributed by atoms with Crippen LogP contribution in [0.3, 0.4) is 0 Å². The monoisotopic (exact) mass is 266 g/mol. The predicted molar refractivity (Wildman–Crippen MR) is 87.1 cm³/mol. The van der Waals surface area contributed by atoms with E-state index in [-0.39, 0.29) is 0 Å². The van der Waals surface area contributed by atoms with Crippen LogP contribution in [0.1, 0.15) is 25.8 Å². The van der Waals surface area contributed by atoms with Crippen molar-refractivity contribution in [3.8, 4) is 0 Å². The highest BCUT2D eigenvalue weighted by atomic mass is 15.3. The summed E-state index contributed by atoms with van der Waals surface area (Å²) in [5.74, 6) is 0.